The molecule has 3 amide bonds. The summed E-state index contributed by atoms with van der Waals surface area (Å²) >= 11 is 0. The Kier molecular flexibility index (Phi) is 3.82. The minimum absolute atomic E-state index is 0.110. The molecule has 0 unspecified atom stereocenters. The first-order chi connectivity index (χ1) is 7.95. The van der Waals surface area contributed by atoms with Crippen molar-refractivity contribution in [1.29, 1.82) is 0 Å². The van der Waals surface area contributed by atoms with Gasteiger partial charge in [0, 0.05) is 19.7 Å². The quantitative estimate of drug-likeness (QED) is 0.692. The summed E-state index contributed by atoms with van der Waals surface area (Å²) in [5, 5.41) is 4.92. The van der Waals surface area contributed by atoms with Crippen LogP contribution in [0.5, 0.6) is 0 Å². The van der Waals surface area contributed by atoms with Gasteiger partial charge in [0.15, 0.2) is 0 Å². The van der Waals surface area contributed by atoms with Gasteiger partial charge in [0.25, 0.3) is 5.91 Å². The van der Waals surface area contributed by atoms with Crippen LogP contribution in [0.15, 0.2) is 18.2 Å². The molecule has 1 aromatic carbocycles. The van der Waals surface area contributed by atoms with Gasteiger partial charge in [-0.05, 0) is 18.2 Å². The highest BCUT2D eigenvalue weighted by Crippen LogP contribution is 2.15. The molecule has 1 aromatic rings. The van der Waals surface area contributed by atoms with Crippen LogP contribution in [0.4, 0.5) is 5.69 Å². The Morgan fingerprint density at radius 3 is 2.29 bits per heavy atom. The highest BCUT2D eigenvalue weighted by atomic mass is 16.2. The molecule has 6 nitrogen and oxygen atoms in total. The van der Waals surface area contributed by atoms with E-state index in [4.69, 9.17) is 5.73 Å². The maximum absolute atomic E-state index is 11.5. The molecule has 4 N–H and O–H groups in total. The second-order valence-corrected chi connectivity index (χ2v) is 3.38. The number of nitrogens with two attached hydrogens (primary N) is 1. The lowest BCUT2D eigenvalue weighted by Crippen LogP contribution is -2.24. The molecule has 0 aliphatic rings. The van der Waals surface area contributed by atoms with Crippen LogP contribution in [0.1, 0.15) is 27.6 Å². The number of primary amides is 1. The fourth-order valence-electron chi connectivity index (χ4n) is 1.36. The van der Waals surface area contributed by atoms with Gasteiger partial charge in [0.2, 0.25) is 11.8 Å². The predicted octanol–water partition coefficient (Wildman–Crippen LogP) is 0.104. The molecule has 0 radical (unpaired) electrons. The molecule has 0 heterocycles. The van der Waals surface area contributed by atoms with Crippen LogP contribution in [0.2, 0.25) is 0 Å². The molecule has 0 bridgehead atoms. The zero-order chi connectivity index (χ0) is 13.0. The van der Waals surface area contributed by atoms with Crippen molar-refractivity contribution in [2.24, 2.45) is 5.73 Å². The Bertz CT molecular complexity index is 483. The number of anilines is 1. The molecule has 90 valence electrons. The Balaban J connectivity index is 3.23. The Labute approximate surface area is 98.2 Å². The number of amides is 3. The lowest BCUT2D eigenvalue weighted by atomic mass is 10.1. The third-order valence-corrected chi connectivity index (χ3v) is 2.08. The summed E-state index contributed by atoms with van der Waals surface area (Å²) in [7, 11) is 1.44. The summed E-state index contributed by atoms with van der Waals surface area (Å²) in [6.45, 7) is 1.35. The number of nitrogens with one attached hydrogen (secondary N) is 2. The third kappa shape index (κ3) is 3.04. The largest absolute Gasteiger partial charge is 0.366 e. The van der Waals surface area contributed by atoms with E-state index < -0.39 is 11.8 Å². The van der Waals surface area contributed by atoms with Crippen molar-refractivity contribution in [2.75, 3.05) is 12.4 Å². The van der Waals surface area contributed by atoms with Crippen molar-refractivity contribution in [2.45, 2.75) is 6.92 Å². The average Bonchev–Trinajstić information content (AvgIpc) is 2.26. The van der Waals surface area contributed by atoms with Gasteiger partial charge in [-0.1, -0.05) is 0 Å². The first kappa shape index (κ1) is 12.7. The Morgan fingerprint density at radius 1 is 1.18 bits per heavy atom. The van der Waals surface area contributed by atoms with E-state index in [9.17, 15) is 14.4 Å². The maximum atomic E-state index is 11.5. The molecule has 6 heteroatoms. The van der Waals surface area contributed by atoms with E-state index in [1.807, 2.05) is 0 Å². The van der Waals surface area contributed by atoms with Crippen molar-refractivity contribution in [3.05, 3.63) is 29.3 Å². The minimum Gasteiger partial charge on any atom is -0.366 e. The van der Waals surface area contributed by atoms with E-state index >= 15 is 0 Å². The minimum atomic E-state index is -0.696. The second-order valence-electron chi connectivity index (χ2n) is 3.38. The van der Waals surface area contributed by atoms with Gasteiger partial charge in [-0.15, -0.1) is 0 Å². The molecule has 17 heavy (non-hydrogen) atoms. The van der Waals surface area contributed by atoms with E-state index in [0.717, 1.165) is 0 Å². The summed E-state index contributed by atoms with van der Waals surface area (Å²) in [6.07, 6.45) is 0. The molecule has 0 saturated carbocycles. The zero-order valence-electron chi connectivity index (χ0n) is 9.53. The Morgan fingerprint density at radius 2 is 1.82 bits per heavy atom. The normalized spacial score (nSPS) is 9.53. The van der Waals surface area contributed by atoms with Crippen LogP contribution < -0.4 is 16.4 Å². The fourth-order valence-corrected chi connectivity index (χ4v) is 1.36. The fraction of sp³-hybridized carbons (Fsp3) is 0.182. The van der Waals surface area contributed by atoms with Gasteiger partial charge < -0.3 is 16.4 Å². The molecule has 0 saturated heterocycles. The van der Waals surface area contributed by atoms with E-state index in [0.29, 0.717) is 5.69 Å². The molecule has 0 aliphatic heterocycles. The first-order valence-electron chi connectivity index (χ1n) is 4.89. The number of hydrogen-bond donors (Lipinski definition) is 3. The SMILES string of the molecule is CNC(=O)c1cc(NC(C)=O)ccc1C(N)=O. The topological polar surface area (TPSA) is 101 Å². The monoisotopic (exact) mass is 235 g/mol. The zero-order valence-corrected chi connectivity index (χ0v) is 9.53. The number of rotatable bonds is 3. The van der Waals surface area contributed by atoms with Crippen LogP contribution in [0.3, 0.4) is 0 Å². The standard InChI is InChI=1S/C11H13N3O3/c1-6(15)14-7-3-4-8(10(12)16)9(5-7)11(17)13-2/h3-5H,1-2H3,(H2,12,16)(H,13,17)(H,14,15). The van der Waals surface area contributed by atoms with Crippen molar-refractivity contribution in [3.8, 4) is 0 Å². The number of carbonyl (C=O) groups excluding carboxylic acids is 3. The van der Waals surface area contributed by atoms with Crippen LogP contribution in [0, 0.1) is 0 Å². The molecule has 0 spiro atoms. The second kappa shape index (κ2) is 5.11. The van der Waals surface area contributed by atoms with Crippen LogP contribution >= 0.6 is 0 Å². The lowest BCUT2D eigenvalue weighted by molar-refractivity contribution is -0.114. The van der Waals surface area contributed by atoms with Crippen LogP contribution in [-0.4, -0.2) is 24.8 Å². The van der Waals surface area contributed by atoms with Crippen molar-refractivity contribution >= 4 is 23.4 Å². The Hall–Kier alpha value is -2.37. The van der Waals surface area contributed by atoms with Gasteiger partial charge in [0.1, 0.15) is 0 Å². The maximum Gasteiger partial charge on any atom is 0.251 e. The van der Waals surface area contributed by atoms with Gasteiger partial charge in [-0.25, -0.2) is 0 Å². The molecule has 0 aliphatic carbocycles. The smallest absolute Gasteiger partial charge is 0.251 e. The summed E-state index contributed by atoms with van der Waals surface area (Å²) < 4.78 is 0. The molecule has 1 rings (SSSR count). The van der Waals surface area contributed by atoms with Gasteiger partial charge in [-0.2, -0.15) is 0 Å². The summed E-state index contributed by atoms with van der Waals surface area (Å²) in [5.74, 6) is -1.40. The molecule has 0 aromatic heterocycles. The number of carbonyl (C=O) groups is 3. The third-order valence-electron chi connectivity index (χ3n) is 2.08. The van der Waals surface area contributed by atoms with Crippen molar-refractivity contribution < 1.29 is 14.4 Å². The van der Waals surface area contributed by atoms with E-state index in [1.165, 1.54) is 32.2 Å². The van der Waals surface area contributed by atoms with Crippen LogP contribution in [0.25, 0.3) is 0 Å². The number of benzene rings is 1. The molecule has 0 fully saturated rings. The van der Waals surface area contributed by atoms with Crippen molar-refractivity contribution in [3.63, 3.8) is 0 Å². The van der Waals surface area contributed by atoms with Gasteiger partial charge in [0.05, 0.1) is 11.1 Å². The summed E-state index contributed by atoms with van der Waals surface area (Å²) in [6, 6.07) is 4.31. The van der Waals surface area contributed by atoms with Crippen LogP contribution in [-0.2, 0) is 4.79 Å². The number of hydrogen-bond acceptors (Lipinski definition) is 3. The summed E-state index contributed by atoms with van der Waals surface area (Å²) in [5.41, 5.74) is 5.82. The molecular weight excluding hydrogens is 222 g/mol. The van der Waals surface area contributed by atoms with E-state index in [-0.39, 0.29) is 17.0 Å². The van der Waals surface area contributed by atoms with Crippen molar-refractivity contribution in [1.82, 2.24) is 5.32 Å². The summed E-state index contributed by atoms with van der Waals surface area (Å²) in [4.78, 5) is 33.6. The molecule has 0 atom stereocenters. The highest BCUT2D eigenvalue weighted by molar-refractivity contribution is 6.07. The van der Waals surface area contributed by atoms with E-state index in [2.05, 4.69) is 10.6 Å². The van der Waals surface area contributed by atoms with Gasteiger partial charge in [-0.3, -0.25) is 14.4 Å². The lowest BCUT2D eigenvalue weighted by Gasteiger charge is -2.08. The van der Waals surface area contributed by atoms with E-state index in [1.54, 1.807) is 0 Å². The average molecular weight is 235 g/mol. The predicted molar refractivity (Wildman–Crippen MR) is 62.7 cm³/mol. The van der Waals surface area contributed by atoms with Gasteiger partial charge >= 0.3 is 0 Å². The highest BCUT2D eigenvalue weighted by Gasteiger charge is 2.14. The first-order valence-corrected chi connectivity index (χ1v) is 4.89. The molecular formula is C11H13N3O3.